The lowest BCUT2D eigenvalue weighted by atomic mass is 9.76. The number of benzene rings is 2. The maximum absolute atomic E-state index is 6.04. The van der Waals surface area contributed by atoms with Crippen LogP contribution in [0.3, 0.4) is 0 Å². The van der Waals surface area contributed by atoms with Crippen LogP contribution in [0.25, 0.3) is 10.9 Å². The van der Waals surface area contributed by atoms with Crippen molar-refractivity contribution in [1.82, 2.24) is 14.7 Å². The van der Waals surface area contributed by atoms with Gasteiger partial charge in [0, 0.05) is 35.0 Å². The Morgan fingerprint density at radius 3 is 2.65 bits per heavy atom. The van der Waals surface area contributed by atoms with E-state index in [1.807, 2.05) is 0 Å². The van der Waals surface area contributed by atoms with Gasteiger partial charge in [-0.15, -0.1) is 0 Å². The summed E-state index contributed by atoms with van der Waals surface area (Å²) in [6.45, 7) is 6.47. The first-order valence-corrected chi connectivity index (χ1v) is 12.4. The molecule has 31 heavy (non-hydrogen) atoms. The number of ether oxygens (including phenoxy) is 1. The van der Waals surface area contributed by atoms with Crippen LogP contribution in [0.2, 0.25) is 0 Å². The van der Waals surface area contributed by atoms with Gasteiger partial charge < -0.3 is 4.74 Å². The molecule has 1 saturated heterocycles. The van der Waals surface area contributed by atoms with Crippen LogP contribution >= 0.6 is 15.9 Å². The van der Waals surface area contributed by atoms with Crippen molar-refractivity contribution < 1.29 is 4.74 Å². The van der Waals surface area contributed by atoms with Crippen LogP contribution in [0.15, 0.2) is 47.1 Å². The van der Waals surface area contributed by atoms with E-state index in [2.05, 4.69) is 89.0 Å². The molecule has 5 rings (SSSR count). The summed E-state index contributed by atoms with van der Waals surface area (Å²) in [5, 5.41) is 6.08. The lowest BCUT2D eigenvalue weighted by Gasteiger charge is -2.42. The summed E-state index contributed by atoms with van der Waals surface area (Å²) in [6.07, 6.45) is 6.74. The number of likely N-dealkylation sites (N-methyl/N-ethyl adjacent to an activating group) is 1. The van der Waals surface area contributed by atoms with Crippen molar-refractivity contribution >= 4 is 26.8 Å². The third-order valence-electron chi connectivity index (χ3n) is 6.99. The van der Waals surface area contributed by atoms with Crippen molar-refractivity contribution in [3.05, 3.63) is 63.8 Å². The van der Waals surface area contributed by atoms with Gasteiger partial charge in [0.1, 0.15) is 0 Å². The third-order valence-corrected chi connectivity index (χ3v) is 7.52. The minimum atomic E-state index is 0.0709. The number of hydrogen-bond donors (Lipinski definition) is 0. The van der Waals surface area contributed by atoms with E-state index in [-0.39, 0.29) is 6.23 Å². The zero-order valence-electron chi connectivity index (χ0n) is 18.7. The van der Waals surface area contributed by atoms with Crippen LogP contribution in [0, 0.1) is 5.92 Å². The van der Waals surface area contributed by atoms with E-state index in [1.54, 1.807) is 0 Å². The van der Waals surface area contributed by atoms with Crippen molar-refractivity contribution in [1.29, 1.82) is 0 Å². The Kier molecular flexibility index (Phi) is 5.93. The Bertz CT molecular complexity index is 1050. The van der Waals surface area contributed by atoms with Gasteiger partial charge in [0.25, 0.3) is 0 Å². The van der Waals surface area contributed by atoms with E-state index in [9.17, 15) is 0 Å². The Hall–Kier alpha value is -1.69. The molecule has 0 radical (unpaired) electrons. The molecule has 1 unspecified atom stereocenters. The zero-order valence-corrected chi connectivity index (χ0v) is 20.3. The van der Waals surface area contributed by atoms with Gasteiger partial charge in [-0.1, -0.05) is 48.0 Å². The Morgan fingerprint density at radius 1 is 1.13 bits per heavy atom. The maximum atomic E-state index is 6.04. The number of fused-ring (bicyclic) bond motifs is 3. The van der Waals surface area contributed by atoms with Gasteiger partial charge in [0.15, 0.2) is 6.23 Å². The first-order chi connectivity index (χ1) is 15.0. The number of nitrogens with zero attached hydrogens (tertiary/aromatic N) is 3. The summed E-state index contributed by atoms with van der Waals surface area (Å²) >= 11 is 3.61. The molecule has 3 atom stereocenters. The average Bonchev–Trinajstić information content (AvgIpc) is 3.20. The zero-order chi connectivity index (χ0) is 21.5. The molecule has 2 aliphatic rings. The van der Waals surface area contributed by atoms with Crippen LogP contribution in [-0.4, -0.2) is 34.4 Å². The number of rotatable bonds is 4. The summed E-state index contributed by atoms with van der Waals surface area (Å²) in [5.74, 6) is 1.02. The summed E-state index contributed by atoms with van der Waals surface area (Å²) in [6, 6.07) is 14.1. The van der Waals surface area contributed by atoms with E-state index in [4.69, 9.17) is 9.84 Å². The fourth-order valence-corrected chi connectivity index (χ4v) is 5.77. The molecule has 3 heterocycles. The van der Waals surface area contributed by atoms with Crippen LogP contribution < -0.4 is 0 Å². The average molecular weight is 482 g/mol. The molecule has 4 nitrogen and oxygen atoms in total. The van der Waals surface area contributed by atoms with E-state index < -0.39 is 0 Å². The monoisotopic (exact) mass is 481 g/mol. The fraction of sp³-hybridized carbons (Fsp3) is 0.500. The molecular weight excluding hydrogens is 450 g/mol. The first-order valence-electron chi connectivity index (χ1n) is 11.6. The standard InChI is InChI=1S/C26H32BrN3O/c1-17(2)14-24-26(18-7-9-19(27)10-8-18)20-11-12-23-21(22(20)16-29(24)3)15-28-30(23)25-6-4-5-13-31-25/h7-12,15,17,24-26H,4-6,13-14,16H2,1-3H3/t24-,25?,26+/m0/s1. The smallest absolute Gasteiger partial charge is 0.150 e. The van der Waals surface area contributed by atoms with E-state index in [1.165, 1.54) is 40.4 Å². The fourth-order valence-electron chi connectivity index (χ4n) is 5.51. The molecule has 2 aliphatic heterocycles. The highest BCUT2D eigenvalue weighted by atomic mass is 79.9. The van der Waals surface area contributed by atoms with E-state index >= 15 is 0 Å². The molecule has 0 saturated carbocycles. The highest BCUT2D eigenvalue weighted by Crippen LogP contribution is 2.43. The molecule has 0 amide bonds. The Labute approximate surface area is 193 Å². The summed E-state index contributed by atoms with van der Waals surface area (Å²) < 4.78 is 9.29. The normalized spacial score (nSPS) is 24.6. The summed E-state index contributed by atoms with van der Waals surface area (Å²) in [7, 11) is 2.29. The quantitative estimate of drug-likeness (QED) is 0.426. The summed E-state index contributed by atoms with van der Waals surface area (Å²) in [4.78, 5) is 2.56. The van der Waals surface area contributed by atoms with Gasteiger partial charge in [0.05, 0.1) is 11.7 Å². The number of aromatic nitrogens is 2. The van der Waals surface area contributed by atoms with Gasteiger partial charge in [-0.3, -0.25) is 4.90 Å². The van der Waals surface area contributed by atoms with Crippen LogP contribution in [-0.2, 0) is 11.3 Å². The van der Waals surface area contributed by atoms with Crippen LogP contribution in [0.5, 0.6) is 0 Å². The first kappa shape index (κ1) is 21.2. The minimum absolute atomic E-state index is 0.0709. The molecular formula is C26H32BrN3O. The predicted octanol–water partition coefficient (Wildman–Crippen LogP) is 6.49. The van der Waals surface area contributed by atoms with Crippen molar-refractivity contribution in [2.45, 2.75) is 64.3 Å². The predicted molar refractivity (Wildman–Crippen MR) is 129 cm³/mol. The highest BCUT2D eigenvalue weighted by molar-refractivity contribution is 9.10. The molecule has 0 aliphatic carbocycles. The molecule has 5 heteroatoms. The second kappa shape index (κ2) is 8.68. The van der Waals surface area contributed by atoms with Gasteiger partial charge >= 0.3 is 0 Å². The van der Waals surface area contributed by atoms with Crippen molar-refractivity contribution in [3.63, 3.8) is 0 Å². The second-order valence-electron chi connectivity index (χ2n) is 9.62. The Morgan fingerprint density at radius 2 is 1.94 bits per heavy atom. The lowest BCUT2D eigenvalue weighted by Crippen LogP contribution is -2.42. The van der Waals surface area contributed by atoms with Crippen LogP contribution in [0.1, 0.15) is 68.4 Å². The molecule has 1 fully saturated rings. The third kappa shape index (κ3) is 3.96. The second-order valence-corrected chi connectivity index (χ2v) is 10.5. The minimum Gasteiger partial charge on any atom is -0.356 e. The Balaban J connectivity index is 1.62. The van der Waals surface area contributed by atoms with Gasteiger partial charge in [-0.05, 0) is 73.5 Å². The van der Waals surface area contributed by atoms with Gasteiger partial charge in [-0.25, -0.2) is 4.68 Å². The lowest BCUT2D eigenvalue weighted by molar-refractivity contribution is -0.0366. The molecule has 2 aromatic carbocycles. The molecule has 164 valence electrons. The van der Waals surface area contributed by atoms with Crippen molar-refractivity contribution in [2.75, 3.05) is 13.7 Å². The molecule has 0 bridgehead atoms. The molecule has 0 N–H and O–H groups in total. The van der Waals surface area contributed by atoms with Crippen LogP contribution in [0.4, 0.5) is 0 Å². The maximum Gasteiger partial charge on any atom is 0.150 e. The van der Waals surface area contributed by atoms with Crippen molar-refractivity contribution in [3.8, 4) is 0 Å². The number of hydrogen-bond acceptors (Lipinski definition) is 3. The summed E-state index contributed by atoms with van der Waals surface area (Å²) in [5.41, 5.74) is 5.48. The van der Waals surface area contributed by atoms with Gasteiger partial charge in [0.2, 0.25) is 0 Å². The topological polar surface area (TPSA) is 30.3 Å². The molecule has 3 aromatic rings. The largest absolute Gasteiger partial charge is 0.356 e. The molecule has 0 spiro atoms. The molecule has 1 aromatic heterocycles. The van der Waals surface area contributed by atoms with E-state index in [0.717, 1.165) is 30.5 Å². The highest BCUT2D eigenvalue weighted by Gasteiger charge is 2.36. The van der Waals surface area contributed by atoms with Crippen molar-refractivity contribution in [2.24, 2.45) is 5.92 Å². The number of halogens is 1. The van der Waals surface area contributed by atoms with E-state index in [0.29, 0.717) is 17.9 Å². The van der Waals surface area contributed by atoms with Gasteiger partial charge in [-0.2, -0.15) is 5.10 Å². The SMILES string of the molecule is CC(C)C[C@H]1[C@H](c2ccc(Br)cc2)c2ccc3c(cnn3C3CCCCO3)c2CN1C.